The van der Waals surface area contributed by atoms with Crippen LogP contribution in [0.15, 0.2) is 15.4 Å². The van der Waals surface area contributed by atoms with E-state index in [1.165, 1.54) is 11.3 Å². The predicted molar refractivity (Wildman–Crippen MR) is 59.7 cm³/mol. The molecular formula is C10H12N4OS. The Kier molecular flexibility index (Phi) is 2.26. The van der Waals surface area contributed by atoms with Gasteiger partial charge in [-0.2, -0.15) is 4.98 Å². The van der Waals surface area contributed by atoms with Crippen molar-refractivity contribution in [2.24, 2.45) is 5.73 Å². The zero-order chi connectivity index (χ0) is 11.0. The normalized spacial score (nSPS) is 19.1. The van der Waals surface area contributed by atoms with E-state index in [1.807, 2.05) is 5.38 Å². The van der Waals surface area contributed by atoms with Crippen molar-refractivity contribution in [1.29, 1.82) is 0 Å². The van der Waals surface area contributed by atoms with Crippen LogP contribution in [0.3, 0.4) is 0 Å². The van der Waals surface area contributed by atoms with E-state index in [0.29, 0.717) is 11.7 Å². The minimum absolute atomic E-state index is 0.415. The molecule has 3 rings (SSSR count). The lowest BCUT2D eigenvalue weighted by Crippen LogP contribution is -2.33. The van der Waals surface area contributed by atoms with Crippen molar-refractivity contribution in [3.63, 3.8) is 0 Å². The highest BCUT2D eigenvalue weighted by molar-refractivity contribution is 7.07. The van der Waals surface area contributed by atoms with E-state index in [1.54, 1.807) is 5.51 Å². The highest BCUT2D eigenvalue weighted by Gasteiger charge is 2.37. The smallest absolute Gasteiger partial charge is 0.247 e. The number of rotatable bonds is 2. The number of nitrogens with zero attached hydrogens (tertiary/aromatic N) is 3. The van der Waals surface area contributed by atoms with Crippen molar-refractivity contribution >= 4 is 11.3 Å². The molecule has 5 nitrogen and oxygen atoms in total. The number of hydrogen-bond acceptors (Lipinski definition) is 6. The van der Waals surface area contributed by atoms with Crippen LogP contribution in [0.4, 0.5) is 0 Å². The average Bonchev–Trinajstić information content (AvgIpc) is 2.98. The second-order valence-electron chi connectivity index (χ2n) is 4.16. The van der Waals surface area contributed by atoms with Crippen LogP contribution in [0.1, 0.15) is 31.6 Å². The highest BCUT2D eigenvalue weighted by Crippen LogP contribution is 2.35. The van der Waals surface area contributed by atoms with E-state index in [0.717, 1.165) is 31.4 Å². The van der Waals surface area contributed by atoms with Crippen molar-refractivity contribution in [3.05, 3.63) is 16.8 Å². The molecule has 0 aliphatic heterocycles. The van der Waals surface area contributed by atoms with Gasteiger partial charge in [-0.1, -0.05) is 18.0 Å². The lowest BCUT2D eigenvalue weighted by molar-refractivity contribution is 0.285. The Morgan fingerprint density at radius 3 is 2.88 bits per heavy atom. The molecule has 2 aromatic heterocycles. The molecule has 0 atom stereocenters. The predicted octanol–water partition coefficient (Wildman–Crippen LogP) is 1.92. The number of thiazole rings is 1. The number of aromatic nitrogens is 3. The summed E-state index contributed by atoms with van der Waals surface area (Å²) in [5.74, 6) is 1.08. The molecule has 0 aromatic carbocycles. The molecule has 0 amide bonds. The Labute approximate surface area is 96.7 Å². The van der Waals surface area contributed by atoms with Gasteiger partial charge in [-0.05, 0) is 12.8 Å². The van der Waals surface area contributed by atoms with Gasteiger partial charge < -0.3 is 10.3 Å². The summed E-state index contributed by atoms with van der Waals surface area (Å²) < 4.78 is 5.25. The summed E-state index contributed by atoms with van der Waals surface area (Å²) in [4.78, 5) is 8.49. The van der Waals surface area contributed by atoms with Gasteiger partial charge in [-0.3, -0.25) is 0 Å². The molecule has 0 saturated heterocycles. The first-order valence-electron chi connectivity index (χ1n) is 5.30. The minimum Gasteiger partial charge on any atom is -0.337 e. The van der Waals surface area contributed by atoms with E-state index < -0.39 is 5.54 Å². The Bertz CT molecular complexity index is 473. The largest absolute Gasteiger partial charge is 0.337 e. The van der Waals surface area contributed by atoms with Gasteiger partial charge in [-0.25, -0.2) is 4.98 Å². The third-order valence-corrected chi connectivity index (χ3v) is 3.60. The average molecular weight is 236 g/mol. The summed E-state index contributed by atoms with van der Waals surface area (Å²) in [5, 5.41) is 5.82. The van der Waals surface area contributed by atoms with Crippen molar-refractivity contribution in [2.75, 3.05) is 0 Å². The Morgan fingerprint density at radius 2 is 2.19 bits per heavy atom. The Balaban J connectivity index is 1.93. The molecular weight excluding hydrogens is 224 g/mol. The minimum atomic E-state index is -0.415. The number of nitrogens with two attached hydrogens (primary N) is 1. The first-order chi connectivity index (χ1) is 7.78. The summed E-state index contributed by atoms with van der Waals surface area (Å²) >= 11 is 1.51. The zero-order valence-electron chi connectivity index (χ0n) is 8.72. The van der Waals surface area contributed by atoms with Crippen molar-refractivity contribution in [1.82, 2.24) is 15.1 Å². The summed E-state index contributed by atoms with van der Waals surface area (Å²) in [6, 6.07) is 0. The van der Waals surface area contributed by atoms with Gasteiger partial charge in [0.25, 0.3) is 0 Å². The van der Waals surface area contributed by atoms with E-state index >= 15 is 0 Å². The first-order valence-corrected chi connectivity index (χ1v) is 6.24. The quantitative estimate of drug-likeness (QED) is 0.861. The lowest BCUT2D eigenvalue weighted by Gasteiger charge is -2.16. The molecule has 1 fully saturated rings. The number of hydrogen-bond donors (Lipinski definition) is 1. The van der Waals surface area contributed by atoms with Crippen molar-refractivity contribution in [2.45, 2.75) is 31.2 Å². The fourth-order valence-electron chi connectivity index (χ4n) is 2.07. The SMILES string of the molecule is NC1(c2nc(-c3cscn3)no2)CCCC1. The van der Waals surface area contributed by atoms with Gasteiger partial charge >= 0.3 is 0 Å². The fraction of sp³-hybridized carbons (Fsp3) is 0.500. The molecule has 1 aliphatic carbocycles. The summed E-state index contributed by atoms with van der Waals surface area (Å²) in [7, 11) is 0. The Hall–Kier alpha value is -1.27. The molecule has 16 heavy (non-hydrogen) atoms. The van der Waals surface area contributed by atoms with Gasteiger partial charge in [0.2, 0.25) is 11.7 Å². The highest BCUT2D eigenvalue weighted by atomic mass is 32.1. The van der Waals surface area contributed by atoms with E-state index in [9.17, 15) is 0 Å². The van der Waals surface area contributed by atoms with E-state index in [-0.39, 0.29) is 0 Å². The molecule has 2 N–H and O–H groups in total. The molecule has 1 aliphatic rings. The zero-order valence-corrected chi connectivity index (χ0v) is 9.54. The van der Waals surface area contributed by atoms with Crippen LogP contribution in [0.2, 0.25) is 0 Å². The van der Waals surface area contributed by atoms with Gasteiger partial charge in [0.1, 0.15) is 5.69 Å². The second kappa shape index (κ2) is 3.64. The maximum Gasteiger partial charge on any atom is 0.247 e. The molecule has 2 heterocycles. The molecule has 2 aromatic rings. The Morgan fingerprint density at radius 1 is 1.38 bits per heavy atom. The molecule has 6 heteroatoms. The summed E-state index contributed by atoms with van der Waals surface area (Å²) in [6.45, 7) is 0. The summed E-state index contributed by atoms with van der Waals surface area (Å²) in [5.41, 5.74) is 8.32. The second-order valence-corrected chi connectivity index (χ2v) is 4.88. The van der Waals surface area contributed by atoms with Gasteiger partial charge in [0, 0.05) is 5.38 Å². The van der Waals surface area contributed by atoms with Crippen LogP contribution in [-0.2, 0) is 5.54 Å². The van der Waals surface area contributed by atoms with Gasteiger partial charge in [-0.15, -0.1) is 11.3 Å². The van der Waals surface area contributed by atoms with E-state index in [2.05, 4.69) is 15.1 Å². The van der Waals surface area contributed by atoms with Crippen LogP contribution >= 0.6 is 11.3 Å². The van der Waals surface area contributed by atoms with Crippen molar-refractivity contribution in [3.8, 4) is 11.5 Å². The molecule has 0 spiro atoms. The van der Waals surface area contributed by atoms with Crippen LogP contribution in [0.5, 0.6) is 0 Å². The monoisotopic (exact) mass is 236 g/mol. The molecule has 0 unspecified atom stereocenters. The van der Waals surface area contributed by atoms with Crippen LogP contribution in [-0.4, -0.2) is 15.1 Å². The van der Waals surface area contributed by atoms with Crippen LogP contribution in [0, 0.1) is 0 Å². The van der Waals surface area contributed by atoms with Crippen LogP contribution in [0.25, 0.3) is 11.5 Å². The third-order valence-electron chi connectivity index (χ3n) is 3.01. The maximum absolute atomic E-state index is 6.23. The molecule has 84 valence electrons. The van der Waals surface area contributed by atoms with Gasteiger partial charge in [0.05, 0.1) is 11.0 Å². The molecule has 0 bridgehead atoms. The van der Waals surface area contributed by atoms with Crippen LogP contribution < -0.4 is 5.73 Å². The molecule has 0 radical (unpaired) electrons. The standard InChI is InChI=1S/C10H12N4OS/c11-10(3-1-2-4-10)9-13-8(14-15-9)7-5-16-6-12-7/h5-6H,1-4,11H2. The van der Waals surface area contributed by atoms with E-state index in [4.69, 9.17) is 10.3 Å². The fourth-order valence-corrected chi connectivity index (χ4v) is 2.60. The lowest BCUT2D eigenvalue weighted by atomic mass is 9.99. The molecule has 1 saturated carbocycles. The topological polar surface area (TPSA) is 77.8 Å². The maximum atomic E-state index is 6.23. The third kappa shape index (κ3) is 1.54. The van der Waals surface area contributed by atoms with Crippen molar-refractivity contribution < 1.29 is 4.52 Å². The summed E-state index contributed by atoms with van der Waals surface area (Å²) in [6.07, 6.45) is 4.10. The first kappa shape index (κ1) is 9.92. The van der Waals surface area contributed by atoms with Gasteiger partial charge in [0.15, 0.2) is 0 Å².